The first kappa shape index (κ1) is 14.2. The Balaban J connectivity index is 1.96. The molecular formula is C14H11BrFN3O. The molecule has 2 N–H and O–H groups in total. The van der Waals surface area contributed by atoms with E-state index in [4.69, 9.17) is 0 Å². The van der Waals surface area contributed by atoms with Crippen LogP contribution in [0.2, 0.25) is 0 Å². The quantitative estimate of drug-likeness (QED) is 0.662. The number of hydrazone groups is 1. The zero-order valence-corrected chi connectivity index (χ0v) is 11.9. The summed E-state index contributed by atoms with van der Waals surface area (Å²) in [6, 6.07) is 14.7. The van der Waals surface area contributed by atoms with E-state index in [-0.39, 0.29) is 16.3 Å². The molecule has 2 aromatic carbocycles. The molecule has 0 bridgehead atoms. The maximum atomic E-state index is 12.7. The van der Waals surface area contributed by atoms with Gasteiger partial charge in [-0.2, -0.15) is 5.10 Å². The van der Waals surface area contributed by atoms with E-state index < -0.39 is 0 Å². The van der Waals surface area contributed by atoms with Crippen LogP contribution in [-0.4, -0.2) is 10.5 Å². The van der Waals surface area contributed by atoms with Gasteiger partial charge >= 0.3 is 0 Å². The second-order valence-corrected chi connectivity index (χ2v) is 4.59. The minimum atomic E-state index is -0.384. The van der Waals surface area contributed by atoms with Crippen molar-refractivity contribution in [3.8, 4) is 0 Å². The third-order valence-corrected chi connectivity index (χ3v) is 2.88. The fraction of sp³-hybridized carbons (Fsp3) is 0. The Kier molecular flexibility index (Phi) is 4.84. The summed E-state index contributed by atoms with van der Waals surface area (Å²) < 4.78 is 12.8. The maximum absolute atomic E-state index is 12.7. The van der Waals surface area contributed by atoms with E-state index in [0.29, 0.717) is 11.4 Å². The van der Waals surface area contributed by atoms with Crippen LogP contribution in [-0.2, 0) is 4.79 Å². The smallest absolute Gasteiger partial charge is 0.283 e. The third kappa shape index (κ3) is 4.17. The lowest BCUT2D eigenvalue weighted by molar-refractivity contribution is -0.110. The summed E-state index contributed by atoms with van der Waals surface area (Å²) in [6.45, 7) is 0. The number of halogens is 2. The summed E-state index contributed by atoms with van der Waals surface area (Å²) in [4.78, 5) is 11.8. The normalized spacial score (nSPS) is 11.0. The fourth-order valence-corrected chi connectivity index (χ4v) is 1.58. The van der Waals surface area contributed by atoms with Gasteiger partial charge in [-0.25, -0.2) is 4.39 Å². The van der Waals surface area contributed by atoms with Gasteiger partial charge in [0.05, 0.1) is 5.69 Å². The summed E-state index contributed by atoms with van der Waals surface area (Å²) in [7, 11) is 0. The number of carbonyl (C=O) groups is 1. The Morgan fingerprint density at radius 2 is 1.65 bits per heavy atom. The molecule has 0 aliphatic carbocycles. The molecule has 0 spiro atoms. The molecule has 0 aliphatic heterocycles. The lowest BCUT2D eigenvalue weighted by atomic mass is 10.3. The molecule has 20 heavy (non-hydrogen) atoms. The molecule has 0 radical (unpaired) electrons. The Labute approximate surface area is 123 Å². The Bertz CT molecular complexity index is 614. The summed E-state index contributed by atoms with van der Waals surface area (Å²) in [5, 5.41) is 6.54. The van der Waals surface area contributed by atoms with Crippen molar-refractivity contribution >= 4 is 37.8 Å². The highest BCUT2D eigenvalue weighted by atomic mass is 79.9. The molecule has 102 valence electrons. The molecule has 2 aromatic rings. The van der Waals surface area contributed by atoms with E-state index in [0.717, 1.165) is 0 Å². The van der Waals surface area contributed by atoms with Crippen LogP contribution >= 0.6 is 15.9 Å². The number of para-hydroxylation sites is 1. The number of carbonyl (C=O) groups excluding carboxylic acids is 1. The van der Waals surface area contributed by atoms with Crippen LogP contribution in [0.3, 0.4) is 0 Å². The van der Waals surface area contributed by atoms with Crippen LogP contribution < -0.4 is 10.7 Å². The number of rotatable bonds is 4. The summed E-state index contributed by atoms with van der Waals surface area (Å²) >= 11 is 3.07. The zero-order chi connectivity index (χ0) is 14.4. The summed E-state index contributed by atoms with van der Waals surface area (Å²) in [6.07, 6.45) is 0. The van der Waals surface area contributed by atoms with Crippen molar-refractivity contribution in [1.82, 2.24) is 0 Å². The molecule has 0 unspecified atom stereocenters. The second kappa shape index (κ2) is 6.81. The molecule has 0 heterocycles. The second-order valence-electron chi connectivity index (χ2n) is 3.84. The van der Waals surface area contributed by atoms with Gasteiger partial charge in [-0.1, -0.05) is 18.2 Å². The molecular weight excluding hydrogens is 325 g/mol. The van der Waals surface area contributed by atoms with E-state index in [1.807, 2.05) is 18.2 Å². The van der Waals surface area contributed by atoms with Crippen molar-refractivity contribution < 1.29 is 9.18 Å². The topological polar surface area (TPSA) is 53.5 Å². The van der Waals surface area contributed by atoms with Crippen LogP contribution in [0.5, 0.6) is 0 Å². The number of hydrogen-bond donors (Lipinski definition) is 2. The number of anilines is 2. The minimum Gasteiger partial charge on any atom is -0.320 e. The Morgan fingerprint density at radius 3 is 2.30 bits per heavy atom. The number of nitrogens with zero attached hydrogens (tertiary/aromatic N) is 1. The van der Waals surface area contributed by atoms with Crippen LogP contribution in [0.15, 0.2) is 59.7 Å². The number of nitrogens with one attached hydrogen (secondary N) is 2. The average Bonchev–Trinajstić information content (AvgIpc) is 2.47. The maximum Gasteiger partial charge on any atom is 0.283 e. The predicted octanol–water partition coefficient (Wildman–Crippen LogP) is 3.58. The van der Waals surface area contributed by atoms with Gasteiger partial charge in [0, 0.05) is 5.69 Å². The average molecular weight is 336 g/mol. The highest BCUT2D eigenvalue weighted by molar-refractivity contribution is 9.19. The lowest BCUT2D eigenvalue weighted by Crippen LogP contribution is -2.19. The highest BCUT2D eigenvalue weighted by Gasteiger charge is 2.08. The molecule has 6 heteroatoms. The Hall–Kier alpha value is -2.21. The van der Waals surface area contributed by atoms with E-state index in [2.05, 4.69) is 31.8 Å². The largest absolute Gasteiger partial charge is 0.320 e. The third-order valence-electron chi connectivity index (χ3n) is 2.35. The van der Waals surface area contributed by atoms with Gasteiger partial charge < -0.3 is 5.32 Å². The molecule has 0 fully saturated rings. The van der Waals surface area contributed by atoms with Gasteiger partial charge in [-0.15, -0.1) is 0 Å². The number of hydrogen-bond acceptors (Lipinski definition) is 3. The molecule has 0 saturated heterocycles. The van der Waals surface area contributed by atoms with Gasteiger partial charge in [-0.05, 0) is 52.3 Å². The molecule has 0 aliphatic rings. The highest BCUT2D eigenvalue weighted by Crippen LogP contribution is 2.09. The first-order valence-corrected chi connectivity index (χ1v) is 6.55. The Morgan fingerprint density at radius 1 is 1.00 bits per heavy atom. The van der Waals surface area contributed by atoms with Crippen molar-refractivity contribution in [3.05, 3.63) is 60.4 Å². The molecule has 0 saturated carbocycles. The van der Waals surface area contributed by atoms with Crippen molar-refractivity contribution in [2.24, 2.45) is 5.10 Å². The van der Waals surface area contributed by atoms with Gasteiger partial charge in [0.25, 0.3) is 5.91 Å². The summed E-state index contributed by atoms with van der Waals surface area (Å²) in [5.74, 6) is -0.716. The zero-order valence-electron chi connectivity index (χ0n) is 10.3. The molecule has 0 aromatic heterocycles. The van der Waals surface area contributed by atoms with Gasteiger partial charge in [-0.3, -0.25) is 10.2 Å². The molecule has 4 nitrogen and oxygen atoms in total. The van der Waals surface area contributed by atoms with Crippen molar-refractivity contribution in [3.63, 3.8) is 0 Å². The van der Waals surface area contributed by atoms with E-state index >= 15 is 0 Å². The SMILES string of the molecule is O=C(Nc1ccccc1)/C(Br)=N\Nc1ccc(F)cc1. The van der Waals surface area contributed by atoms with Gasteiger partial charge in [0.15, 0.2) is 4.62 Å². The predicted molar refractivity (Wildman–Crippen MR) is 81.5 cm³/mol. The molecule has 0 atom stereocenters. The summed E-state index contributed by atoms with van der Waals surface area (Å²) in [5.41, 5.74) is 3.90. The van der Waals surface area contributed by atoms with Gasteiger partial charge in [0.2, 0.25) is 0 Å². The number of amides is 1. The van der Waals surface area contributed by atoms with Crippen molar-refractivity contribution in [1.29, 1.82) is 0 Å². The minimum absolute atomic E-state index is 0.0886. The van der Waals surface area contributed by atoms with Gasteiger partial charge in [0.1, 0.15) is 5.82 Å². The first-order chi connectivity index (χ1) is 9.65. The fourth-order valence-electron chi connectivity index (χ4n) is 1.39. The lowest BCUT2D eigenvalue weighted by Gasteiger charge is -2.04. The van der Waals surface area contributed by atoms with Crippen LogP contribution in [0.4, 0.5) is 15.8 Å². The van der Waals surface area contributed by atoms with Crippen LogP contribution in [0.1, 0.15) is 0 Å². The van der Waals surface area contributed by atoms with E-state index in [1.165, 1.54) is 24.3 Å². The molecule has 1 amide bonds. The van der Waals surface area contributed by atoms with E-state index in [9.17, 15) is 9.18 Å². The monoisotopic (exact) mass is 335 g/mol. The standard InChI is InChI=1S/C14H11BrFN3O/c15-13(14(20)17-11-4-2-1-3-5-11)19-18-12-8-6-10(16)7-9-12/h1-9,18H,(H,17,20)/b19-13+. The van der Waals surface area contributed by atoms with Crippen molar-refractivity contribution in [2.45, 2.75) is 0 Å². The van der Waals surface area contributed by atoms with Crippen LogP contribution in [0.25, 0.3) is 0 Å². The molecule has 2 rings (SSSR count). The van der Waals surface area contributed by atoms with Crippen LogP contribution in [0, 0.1) is 5.82 Å². The van der Waals surface area contributed by atoms with Crippen molar-refractivity contribution in [2.75, 3.05) is 10.7 Å². The first-order valence-electron chi connectivity index (χ1n) is 5.76. The van der Waals surface area contributed by atoms with E-state index in [1.54, 1.807) is 12.1 Å². The number of benzene rings is 2.